The number of aryl methyl sites for hydroxylation is 2. The molecular weight excluding hydrogens is 422 g/mol. The first-order valence-corrected chi connectivity index (χ1v) is 11.6. The fourth-order valence-corrected chi connectivity index (χ4v) is 4.85. The largest absolute Gasteiger partial charge is 0.494 e. The predicted octanol–water partition coefficient (Wildman–Crippen LogP) is 1.95. The van der Waals surface area contributed by atoms with E-state index < -0.39 is 21.9 Å². The minimum Gasteiger partial charge on any atom is -0.494 e. The van der Waals surface area contributed by atoms with Crippen molar-refractivity contribution in [3.05, 3.63) is 41.9 Å². The van der Waals surface area contributed by atoms with E-state index in [9.17, 15) is 18.0 Å². The summed E-state index contributed by atoms with van der Waals surface area (Å²) in [6.07, 6.45) is 2.15. The summed E-state index contributed by atoms with van der Waals surface area (Å²) < 4.78 is 39.0. The van der Waals surface area contributed by atoms with E-state index in [0.29, 0.717) is 36.6 Å². The van der Waals surface area contributed by atoms with Crippen LogP contribution in [0, 0.1) is 12.8 Å². The molecule has 9 nitrogen and oxygen atoms in total. The predicted molar refractivity (Wildman–Crippen MR) is 112 cm³/mol. The van der Waals surface area contributed by atoms with Crippen LogP contribution in [-0.4, -0.2) is 60.3 Å². The zero-order chi connectivity index (χ0) is 22.6. The molecule has 1 saturated heterocycles. The molecule has 1 aliphatic rings. The lowest BCUT2D eigenvalue weighted by Gasteiger charge is -2.29. The number of imidazole rings is 1. The van der Waals surface area contributed by atoms with Gasteiger partial charge in [-0.2, -0.15) is 4.31 Å². The third-order valence-electron chi connectivity index (χ3n) is 5.31. The van der Waals surface area contributed by atoms with Crippen molar-refractivity contribution in [2.24, 2.45) is 13.0 Å². The van der Waals surface area contributed by atoms with Crippen LogP contribution in [0.2, 0.25) is 0 Å². The van der Waals surface area contributed by atoms with Crippen LogP contribution < -0.4 is 4.74 Å². The van der Waals surface area contributed by atoms with Crippen molar-refractivity contribution in [1.29, 1.82) is 0 Å². The maximum Gasteiger partial charge on any atom is 0.309 e. The number of benzene rings is 1. The number of carbonyl (C=O) groups excluding carboxylic acids is 2. The fourth-order valence-electron chi connectivity index (χ4n) is 3.36. The summed E-state index contributed by atoms with van der Waals surface area (Å²) in [4.78, 5) is 28.7. The summed E-state index contributed by atoms with van der Waals surface area (Å²) in [5.74, 6) is 0.0462. The molecule has 0 amide bonds. The first-order chi connectivity index (χ1) is 14.7. The van der Waals surface area contributed by atoms with Crippen LogP contribution in [0.5, 0.6) is 5.75 Å². The highest BCUT2D eigenvalue weighted by molar-refractivity contribution is 7.89. The molecule has 0 unspecified atom stereocenters. The van der Waals surface area contributed by atoms with Gasteiger partial charge in [-0.15, -0.1) is 0 Å². The monoisotopic (exact) mass is 449 g/mol. The average molecular weight is 450 g/mol. The minimum atomic E-state index is -3.70. The van der Waals surface area contributed by atoms with Crippen molar-refractivity contribution >= 4 is 21.8 Å². The van der Waals surface area contributed by atoms with Crippen LogP contribution in [0.3, 0.4) is 0 Å². The van der Waals surface area contributed by atoms with E-state index in [2.05, 4.69) is 4.98 Å². The SMILES string of the molecule is CCOc1ccc(C(=O)COC(=O)C2CCN(S(=O)(=O)c3cn(C)c(C)n3)CC2)cc1. The second kappa shape index (κ2) is 9.61. The molecule has 0 bridgehead atoms. The molecule has 0 atom stereocenters. The number of aromatic nitrogens is 2. The first kappa shape index (κ1) is 23.0. The maximum absolute atomic E-state index is 12.7. The van der Waals surface area contributed by atoms with Gasteiger partial charge in [-0.3, -0.25) is 9.59 Å². The quantitative estimate of drug-likeness (QED) is 0.448. The molecule has 31 heavy (non-hydrogen) atoms. The molecule has 0 N–H and O–H groups in total. The van der Waals surface area contributed by atoms with E-state index in [1.54, 1.807) is 42.8 Å². The van der Waals surface area contributed by atoms with E-state index in [-0.39, 0.29) is 30.5 Å². The normalized spacial score (nSPS) is 15.6. The van der Waals surface area contributed by atoms with Crippen LogP contribution >= 0.6 is 0 Å². The minimum absolute atomic E-state index is 0.00878. The molecular formula is C21H27N3O6S. The van der Waals surface area contributed by atoms with Gasteiger partial charge in [0.1, 0.15) is 11.6 Å². The molecule has 0 saturated carbocycles. The molecule has 1 aromatic heterocycles. The molecule has 1 fully saturated rings. The Morgan fingerprint density at radius 1 is 1.16 bits per heavy atom. The number of piperidine rings is 1. The van der Waals surface area contributed by atoms with Crippen LogP contribution in [0.25, 0.3) is 0 Å². The molecule has 0 aliphatic carbocycles. The van der Waals surface area contributed by atoms with Crippen LogP contribution in [0.15, 0.2) is 35.5 Å². The molecule has 0 spiro atoms. The highest BCUT2D eigenvalue weighted by atomic mass is 32.2. The molecule has 2 heterocycles. The van der Waals surface area contributed by atoms with Gasteiger partial charge in [-0.25, -0.2) is 13.4 Å². The summed E-state index contributed by atoms with van der Waals surface area (Å²) in [7, 11) is -1.96. The number of ketones is 1. The Hall–Kier alpha value is -2.72. The van der Waals surface area contributed by atoms with Gasteiger partial charge in [0.15, 0.2) is 17.4 Å². The van der Waals surface area contributed by atoms with Gasteiger partial charge in [0.05, 0.1) is 12.5 Å². The van der Waals surface area contributed by atoms with Crippen molar-refractivity contribution in [1.82, 2.24) is 13.9 Å². The number of Topliss-reactive ketones (excluding diaryl/α,β-unsaturated/α-hetero) is 1. The number of esters is 1. The average Bonchev–Trinajstić information content (AvgIpc) is 3.12. The van der Waals surface area contributed by atoms with Gasteiger partial charge in [0.2, 0.25) is 0 Å². The van der Waals surface area contributed by atoms with Crippen molar-refractivity contribution in [3.63, 3.8) is 0 Å². The number of ether oxygens (including phenoxy) is 2. The van der Waals surface area contributed by atoms with E-state index in [4.69, 9.17) is 9.47 Å². The Labute approximate surface area is 182 Å². The van der Waals surface area contributed by atoms with Gasteiger partial charge in [0, 0.05) is 31.9 Å². The second-order valence-corrected chi connectivity index (χ2v) is 9.29. The second-order valence-electron chi connectivity index (χ2n) is 7.40. The summed E-state index contributed by atoms with van der Waals surface area (Å²) >= 11 is 0. The third kappa shape index (κ3) is 5.31. The molecule has 10 heteroatoms. The van der Waals surface area contributed by atoms with Crippen molar-refractivity contribution in [2.45, 2.75) is 31.7 Å². The highest BCUT2D eigenvalue weighted by Gasteiger charge is 2.34. The molecule has 168 valence electrons. The van der Waals surface area contributed by atoms with Crippen molar-refractivity contribution in [2.75, 3.05) is 26.3 Å². The van der Waals surface area contributed by atoms with Crippen LogP contribution in [0.4, 0.5) is 0 Å². The Balaban J connectivity index is 1.50. The van der Waals surface area contributed by atoms with E-state index >= 15 is 0 Å². The number of sulfonamides is 1. The highest BCUT2D eigenvalue weighted by Crippen LogP contribution is 2.24. The molecule has 1 aliphatic heterocycles. The molecule has 2 aromatic rings. The lowest BCUT2D eigenvalue weighted by molar-refractivity contribution is -0.148. The Morgan fingerprint density at radius 3 is 2.35 bits per heavy atom. The van der Waals surface area contributed by atoms with Gasteiger partial charge in [-0.1, -0.05) is 0 Å². The lowest BCUT2D eigenvalue weighted by atomic mass is 9.98. The summed E-state index contributed by atoms with van der Waals surface area (Å²) in [6.45, 7) is 4.19. The Kier molecular flexibility index (Phi) is 7.11. The Morgan fingerprint density at radius 2 is 1.81 bits per heavy atom. The van der Waals surface area contributed by atoms with Gasteiger partial charge >= 0.3 is 5.97 Å². The van der Waals surface area contributed by atoms with Crippen LogP contribution in [-0.2, 0) is 26.6 Å². The van der Waals surface area contributed by atoms with Crippen LogP contribution in [0.1, 0.15) is 35.9 Å². The number of carbonyl (C=O) groups is 2. The standard InChI is InChI=1S/C21H27N3O6S/c1-4-29-18-7-5-16(6-8-18)19(25)14-30-21(26)17-9-11-24(12-10-17)31(27,28)20-13-23(3)15(2)22-20/h5-8,13,17H,4,9-12,14H2,1-3H3. The summed E-state index contributed by atoms with van der Waals surface area (Å²) in [5, 5.41) is 0.00878. The van der Waals surface area contributed by atoms with Gasteiger partial charge in [0.25, 0.3) is 10.0 Å². The van der Waals surface area contributed by atoms with E-state index in [1.807, 2.05) is 6.92 Å². The molecule has 3 rings (SSSR count). The van der Waals surface area contributed by atoms with Crippen molar-refractivity contribution < 1.29 is 27.5 Å². The van der Waals surface area contributed by atoms with Gasteiger partial charge < -0.3 is 14.0 Å². The fraction of sp³-hybridized carbons (Fsp3) is 0.476. The zero-order valence-electron chi connectivity index (χ0n) is 17.9. The summed E-state index contributed by atoms with van der Waals surface area (Å²) in [5.41, 5.74) is 0.433. The zero-order valence-corrected chi connectivity index (χ0v) is 18.7. The van der Waals surface area contributed by atoms with Crippen molar-refractivity contribution in [3.8, 4) is 5.75 Å². The maximum atomic E-state index is 12.7. The number of rotatable bonds is 8. The lowest BCUT2D eigenvalue weighted by Crippen LogP contribution is -2.41. The first-order valence-electron chi connectivity index (χ1n) is 10.1. The molecule has 1 aromatic carbocycles. The smallest absolute Gasteiger partial charge is 0.309 e. The number of hydrogen-bond donors (Lipinski definition) is 0. The van der Waals surface area contributed by atoms with E-state index in [1.165, 1.54) is 10.5 Å². The van der Waals surface area contributed by atoms with Gasteiger partial charge in [-0.05, 0) is 51.0 Å². The van der Waals surface area contributed by atoms with E-state index in [0.717, 1.165) is 0 Å². The number of hydrogen-bond acceptors (Lipinski definition) is 7. The third-order valence-corrected chi connectivity index (χ3v) is 7.08. The molecule has 0 radical (unpaired) electrons. The topological polar surface area (TPSA) is 108 Å². The Bertz CT molecular complexity index is 1020. The number of nitrogens with zero attached hydrogens (tertiary/aromatic N) is 3. The summed E-state index contributed by atoms with van der Waals surface area (Å²) in [6, 6.07) is 6.64.